The maximum Gasteiger partial charge on any atom is 0.337 e. The van der Waals surface area contributed by atoms with Crippen molar-refractivity contribution in [2.24, 2.45) is 0 Å². The number of ether oxygens (including phenoxy) is 3. The lowest BCUT2D eigenvalue weighted by Gasteiger charge is -2.35. The molecule has 12 heteroatoms. The molecule has 11 nitrogen and oxygen atoms in total. The molecule has 0 radical (unpaired) electrons. The summed E-state index contributed by atoms with van der Waals surface area (Å²) >= 11 is 0. The second-order valence-electron chi connectivity index (χ2n) is 7.47. The Morgan fingerprint density at radius 2 is 1.84 bits per heavy atom. The van der Waals surface area contributed by atoms with E-state index in [1.165, 1.54) is 16.4 Å². The van der Waals surface area contributed by atoms with Gasteiger partial charge in [0, 0.05) is 44.5 Å². The number of benzene rings is 1. The molecule has 2 N–H and O–H groups in total. The van der Waals surface area contributed by atoms with Gasteiger partial charge in [0.15, 0.2) is 11.5 Å². The van der Waals surface area contributed by atoms with Crippen LogP contribution in [-0.2, 0) is 19.6 Å². The van der Waals surface area contributed by atoms with Crippen LogP contribution in [0.1, 0.15) is 6.92 Å². The lowest BCUT2D eigenvalue weighted by molar-refractivity contribution is -0.138. The predicted octanol–water partition coefficient (Wildman–Crippen LogP) is -0.106. The number of fused-ring (bicyclic) bond motifs is 1. The highest BCUT2D eigenvalue weighted by molar-refractivity contribution is 7.89. The molecule has 1 aromatic carbocycles. The predicted molar refractivity (Wildman–Crippen MR) is 113 cm³/mol. The van der Waals surface area contributed by atoms with E-state index >= 15 is 0 Å². The molecule has 1 saturated heterocycles. The highest BCUT2D eigenvalue weighted by atomic mass is 32.2. The summed E-state index contributed by atoms with van der Waals surface area (Å²) in [5, 5.41) is 5.25. The maximum absolute atomic E-state index is 13.1. The minimum Gasteiger partial charge on any atom is -0.486 e. The standard InChI is InChI=1S/C20H26N4O7S/c1-2-29-19(25)15-12-21-20(26)22-16(15)13-23-5-7-24(8-6-23)32(27,28)14-3-4-17-18(11-14)31-10-9-30-17/h3-4,11H,2,5-10,12-13H2,1H3,(H2,21,22,26). The molecule has 0 aromatic heterocycles. The van der Waals surface area contributed by atoms with Crippen LogP contribution in [0, 0.1) is 0 Å². The lowest BCUT2D eigenvalue weighted by atomic mass is 10.1. The van der Waals surface area contributed by atoms with Crippen LogP contribution >= 0.6 is 0 Å². The largest absolute Gasteiger partial charge is 0.486 e. The van der Waals surface area contributed by atoms with Gasteiger partial charge < -0.3 is 24.8 Å². The van der Waals surface area contributed by atoms with Crippen molar-refractivity contribution in [3.63, 3.8) is 0 Å². The van der Waals surface area contributed by atoms with E-state index in [1.807, 2.05) is 4.90 Å². The van der Waals surface area contributed by atoms with Gasteiger partial charge in [0.05, 0.1) is 23.6 Å². The summed E-state index contributed by atoms with van der Waals surface area (Å²) in [7, 11) is -3.69. The summed E-state index contributed by atoms with van der Waals surface area (Å²) in [6.07, 6.45) is 0. The molecule has 0 aliphatic carbocycles. The zero-order chi connectivity index (χ0) is 22.7. The number of carbonyl (C=O) groups is 2. The second-order valence-corrected chi connectivity index (χ2v) is 9.41. The molecule has 174 valence electrons. The second kappa shape index (κ2) is 9.35. The summed E-state index contributed by atoms with van der Waals surface area (Å²) in [5.74, 6) is 0.487. The van der Waals surface area contributed by atoms with E-state index in [9.17, 15) is 18.0 Å². The third-order valence-electron chi connectivity index (χ3n) is 5.44. The Bertz CT molecular complexity index is 1030. The fourth-order valence-electron chi connectivity index (χ4n) is 3.77. The molecular weight excluding hydrogens is 440 g/mol. The summed E-state index contributed by atoms with van der Waals surface area (Å²) in [5.41, 5.74) is 0.855. The minimum absolute atomic E-state index is 0.0957. The molecule has 3 heterocycles. The molecule has 3 aliphatic rings. The van der Waals surface area contributed by atoms with Crippen molar-refractivity contribution in [1.82, 2.24) is 19.8 Å². The van der Waals surface area contributed by atoms with Gasteiger partial charge >= 0.3 is 12.0 Å². The van der Waals surface area contributed by atoms with Crippen LogP contribution in [0.2, 0.25) is 0 Å². The average molecular weight is 467 g/mol. The molecule has 3 aliphatic heterocycles. The van der Waals surface area contributed by atoms with Crippen LogP contribution in [0.15, 0.2) is 34.4 Å². The molecule has 0 spiro atoms. The Hall–Kier alpha value is -2.83. The topological polar surface area (TPSA) is 127 Å². The van der Waals surface area contributed by atoms with E-state index in [2.05, 4.69) is 10.6 Å². The molecule has 1 fully saturated rings. The lowest BCUT2D eigenvalue weighted by Crippen LogP contribution is -2.52. The maximum atomic E-state index is 13.1. The Balaban J connectivity index is 1.42. The monoisotopic (exact) mass is 466 g/mol. The first-order valence-corrected chi connectivity index (χ1v) is 11.9. The van der Waals surface area contributed by atoms with Gasteiger partial charge in [-0.2, -0.15) is 4.31 Å². The molecule has 4 rings (SSSR count). The van der Waals surface area contributed by atoms with Gasteiger partial charge in [0.1, 0.15) is 13.2 Å². The van der Waals surface area contributed by atoms with Crippen LogP contribution in [-0.4, -0.2) is 88.7 Å². The molecule has 0 unspecified atom stereocenters. The quantitative estimate of drug-likeness (QED) is 0.557. The van der Waals surface area contributed by atoms with Crippen molar-refractivity contribution >= 4 is 22.0 Å². The number of amides is 2. The zero-order valence-electron chi connectivity index (χ0n) is 17.8. The number of carbonyl (C=O) groups excluding carboxylic acids is 2. The van der Waals surface area contributed by atoms with Gasteiger partial charge in [-0.05, 0) is 19.1 Å². The molecular formula is C20H26N4O7S. The smallest absolute Gasteiger partial charge is 0.337 e. The SMILES string of the molecule is CCOC(=O)C1=C(CN2CCN(S(=O)(=O)c3ccc4c(c3)OCCO4)CC2)NC(=O)NC1. The van der Waals surface area contributed by atoms with Crippen molar-refractivity contribution in [3.05, 3.63) is 29.5 Å². The van der Waals surface area contributed by atoms with Crippen LogP contribution in [0.3, 0.4) is 0 Å². The Labute approximate surface area is 186 Å². The summed E-state index contributed by atoms with van der Waals surface area (Å²) in [6.45, 7) is 4.65. The average Bonchev–Trinajstić information content (AvgIpc) is 2.79. The number of sulfonamides is 1. The van der Waals surface area contributed by atoms with Crippen LogP contribution in [0.5, 0.6) is 11.5 Å². The fourth-order valence-corrected chi connectivity index (χ4v) is 5.20. The molecule has 0 saturated carbocycles. The van der Waals surface area contributed by atoms with Gasteiger partial charge in [0.2, 0.25) is 10.0 Å². The third-order valence-corrected chi connectivity index (χ3v) is 7.34. The van der Waals surface area contributed by atoms with E-state index in [4.69, 9.17) is 14.2 Å². The first-order valence-electron chi connectivity index (χ1n) is 10.4. The summed E-state index contributed by atoms with van der Waals surface area (Å²) in [4.78, 5) is 26.1. The molecule has 0 bridgehead atoms. The van der Waals surface area contributed by atoms with Crippen molar-refractivity contribution in [2.75, 3.05) is 59.1 Å². The van der Waals surface area contributed by atoms with Crippen LogP contribution < -0.4 is 20.1 Å². The van der Waals surface area contributed by atoms with Crippen molar-refractivity contribution in [3.8, 4) is 11.5 Å². The number of nitrogens with zero attached hydrogens (tertiary/aromatic N) is 2. The molecule has 0 atom stereocenters. The highest BCUT2D eigenvalue weighted by Gasteiger charge is 2.31. The van der Waals surface area contributed by atoms with E-state index in [1.54, 1.807) is 13.0 Å². The summed E-state index contributed by atoms with van der Waals surface area (Å²) in [6, 6.07) is 4.25. The number of hydrogen-bond donors (Lipinski definition) is 2. The van der Waals surface area contributed by atoms with Gasteiger partial charge in [-0.3, -0.25) is 4.90 Å². The number of urea groups is 1. The van der Waals surface area contributed by atoms with E-state index in [-0.39, 0.29) is 37.2 Å². The van der Waals surface area contributed by atoms with Gasteiger partial charge in [-0.15, -0.1) is 0 Å². The van der Waals surface area contributed by atoms with Crippen LogP contribution in [0.25, 0.3) is 0 Å². The number of rotatable bonds is 6. The number of esters is 1. The van der Waals surface area contributed by atoms with Crippen molar-refractivity contribution < 1.29 is 32.2 Å². The third kappa shape index (κ3) is 4.66. The van der Waals surface area contributed by atoms with Gasteiger partial charge in [-0.1, -0.05) is 0 Å². The summed E-state index contributed by atoms with van der Waals surface area (Å²) < 4.78 is 43.7. The minimum atomic E-state index is -3.69. The van der Waals surface area contributed by atoms with E-state index in [0.717, 1.165) is 0 Å². The molecule has 1 aromatic rings. The number of piperazine rings is 1. The van der Waals surface area contributed by atoms with E-state index in [0.29, 0.717) is 55.6 Å². The number of nitrogens with one attached hydrogen (secondary N) is 2. The van der Waals surface area contributed by atoms with Gasteiger partial charge in [0.25, 0.3) is 0 Å². The van der Waals surface area contributed by atoms with Crippen molar-refractivity contribution in [2.45, 2.75) is 11.8 Å². The Morgan fingerprint density at radius 1 is 1.12 bits per heavy atom. The Kier molecular flexibility index (Phi) is 6.53. The normalized spacial score (nSPS) is 19.8. The van der Waals surface area contributed by atoms with Crippen molar-refractivity contribution in [1.29, 1.82) is 0 Å². The number of hydrogen-bond acceptors (Lipinski definition) is 8. The molecule has 2 amide bonds. The molecule has 32 heavy (non-hydrogen) atoms. The van der Waals surface area contributed by atoms with Gasteiger partial charge in [-0.25, -0.2) is 18.0 Å². The highest BCUT2D eigenvalue weighted by Crippen LogP contribution is 2.33. The Morgan fingerprint density at radius 3 is 2.56 bits per heavy atom. The van der Waals surface area contributed by atoms with Crippen LogP contribution in [0.4, 0.5) is 4.79 Å². The van der Waals surface area contributed by atoms with E-state index < -0.39 is 16.0 Å². The first kappa shape index (κ1) is 22.4. The fraction of sp³-hybridized carbons (Fsp3) is 0.500. The first-order chi connectivity index (χ1) is 15.4. The zero-order valence-corrected chi connectivity index (χ0v) is 18.6.